The van der Waals surface area contributed by atoms with Crippen molar-refractivity contribution in [3.63, 3.8) is 0 Å². The highest BCUT2D eigenvalue weighted by atomic mass is 32.2. The third-order valence-corrected chi connectivity index (χ3v) is 11.6. The van der Waals surface area contributed by atoms with Crippen molar-refractivity contribution in [3.8, 4) is 0 Å². The Morgan fingerprint density at radius 3 is 2.50 bits per heavy atom. The Bertz CT molecular complexity index is 1050. The Kier molecular flexibility index (Phi) is 15.1. The molecule has 0 unspecified atom stereocenters. The van der Waals surface area contributed by atoms with Crippen molar-refractivity contribution in [1.29, 1.82) is 0 Å². The van der Waals surface area contributed by atoms with Gasteiger partial charge in [0.25, 0.3) is 5.96 Å². The second kappa shape index (κ2) is 18.1. The van der Waals surface area contributed by atoms with Gasteiger partial charge >= 0.3 is 7.12 Å². The van der Waals surface area contributed by atoms with Crippen molar-refractivity contribution < 1.29 is 23.9 Å². The number of nitro groups is 1. The average molecular weight is 666 g/mol. The number of carbonyl (C=O) groups is 2. The molecule has 1 saturated heterocycles. The molecular formula is C33H60BN5O6S. The molecule has 3 saturated carbocycles. The van der Waals surface area contributed by atoms with Gasteiger partial charge in [-0.2, -0.15) is 11.8 Å². The Morgan fingerprint density at radius 1 is 1.11 bits per heavy atom. The van der Waals surface area contributed by atoms with E-state index in [9.17, 15) is 19.7 Å². The standard InChI is InChI=1S/C33H60BN5O6S/c1-7-8-9-10-11-12-17-46-18-15-26(40)20-24(14-13-16-36-31(35)38-39(42)43)30(41)37-29(19-23(2)3)34-44-28-22-25-21-27(32(25,4)5)33(28,6)45-34/h23-25,27-29H,7-22H2,1-6H3,(H,37,41)(H3,35,36,38)/t24-,25+,27+,28-,29+,33+/m1/s1. The molecule has 262 valence electrons. The lowest BCUT2D eigenvalue weighted by Crippen LogP contribution is -2.65. The lowest BCUT2D eigenvalue weighted by atomic mass is 9.43. The summed E-state index contributed by atoms with van der Waals surface area (Å²) in [6.45, 7) is 13.5. The maximum atomic E-state index is 13.9. The molecule has 1 aliphatic heterocycles. The molecule has 4 N–H and O–H groups in total. The number of hydrogen-bond acceptors (Lipinski definition) is 8. The summed E-state index contributed by atoms with van der Waals surface area (Å²) in [4.78, 5) is 41.6. The number of hydrogen-bond donors (Lipinski definition) is 3. The minimum atomic E-state index is -0.763. The summed E-state index contributed by atoms with van der Waals surface area (Å²) >= 11 is 1.81. The van der Waals surface area contributed by atoms with Crippen LogP contribution in [0.4, 0.5) is 0 Å². The van der Waals surface area contributed by atoms with E-state index in [0.29, 0.717) is 43.4 Å². The number of hydrazine groups is 1. The fourth-order valence-corrected chi connectivity index (χ4v) is 8.74. The third-order valence-electron chi connectivity index (χ3n) is 10.6. The summed E-state index contributed by atoms with van der Waals surface area (Å²) in [6.07, 6.45) is 11.8. The van der Waals surface area contributed by atoms with Gasteiger partial charge in [0.2, 0.25) is 5.91 Å². The van der Waals surface area contributed by atoms with Crippen LogP contribution in [0.15, 0.2) is 4.99 Å². The van der Waals surface area contributed by atoms with Crippen LogP contribution in [-0.4, -0.2) is 65.5 Å². The molecule has 6 atom stereocenters. The zero-order valence-electron chi connectivity index (χ0n) is 29.2. The Labute approximate surface area is 281 Å². The van der Waals surface area contributed by atoms with E-state index >= 15 is 0 Å². The molecular weight excluding hydrogens is 605 g/mol. The number of amides is 1. The summed E-state index contributed by atoms with van der Waals surface area (Å²) < 4.78 is 13.3. The van der Waals surface area contributed by atoms with Crippen LogP contribution < -0.4 is 16.5 Å². The van der Waals surface area contributed by atoms with Crippen molar-refractivity contribution in [1.82, 2.24) is 10.7 Å². The monoisotopic (exact) mass is 665 g/mol. The molecule has 2 bridgehead atoms. The molecule has 4 fully saturated rings. The van der Waals surface area contributed by atoms with E-state index in [2.05, 4.69) is 51.9 Å². The van der Waals surface area contributed by atoms with Crippen molar-refractivity contribution in [2.75, 3.05) is 18.1 Å². The Morgan fingerprint density at radius 2 is 1.83 bits per heavy atom. The minimum Gasteiger partial charge on any atom is -0.404 e. The molecule has 0 aromatic carbocycles. The topological polar surface area (TPSA) is 158 Å². The molecule has 4 rings (SSSR count). The highest BCUT2D eigenvalue weighted by Gasteiger charge is 2.68. The predicted octanol–water partition coefficient (Wildman–Crippen LogP) is 5.72. The second-order valence-electron chi connectivity index (χ2n) is 14.9. The summed E-state index contributed by atoms with van der Waals surface area (Å²) in [5.41, 5.74) is 7.24. The van der Waals surface area contributed by atoms with Crippen LogP contribution in [0, 0.1) is 39.2 Å². The first-order chi connectivity index (χ1) is 21.8. The molecule has 3 aliphatic carbocycles. The van der Waals surface area contributed by atoms with Gasteiger partial charge in [-0.25, -0.2) is 15.1 Å². The highest BCUT2D eigenvalue weighted by molar-refractivity contribution is 7.99. The fourth-order valence-electron chi connectivity index (χ4n) is 7.76. The van der Waals surface area contributed by atoms with Gasteiger partial charge < -0.3 is 20.4 Å². The van der Waals surface area contributed by atoms with Crippen molar-refractivity contribution in [2.24, 2.45) is 39.8 Å². The van der Waals surface area contributed by atoms with Crippen LogP contribution in [-0.2, 0) is 18.9 Å². The summed E-state index contributed by atoms with van der Waals surface area (Å²) in [5.74, 6) is 1.89. The average Bonchev–Trinajstić information content (AvgIpc) is 3.34. The Hall–Kier alpha value is -1.86. The molecule has 0 radical (unpaired) electrons. The first-order valence-electron chi connectivity index (χ1n) is 17.7. The number of aliphatic imine (C=N–C) groups is 1. The van der Waals surface area contributed by atoms with Gasteiger partial charge in [-0.3, -0.25) is 9.59 Å². The summed E-state index contributed by atoms with van der Waals surface area (Å²) in [5, 5.41) is 13.1. The van der Waals surface area contributed by atoms with Crippen LogP contribution >= 0.6 is 11.8 Å². The molecule has 1 amide bonds. The number of guanidine groups is 1. The predicted molar refractivity (Wildman–Crippen MR) is 186 cm³/mol. The maximum Gasteiger partial charge on any atom is 0.481 e. The van der Waals surface area contributed by atoms with Gasteiger partial charge in [0.1, 0.15) is 5.78 Å². The maximum absolute atomic E-state index is 13.9. The van der Waals surface area contributed by atoms with Crippen LogP contribution in [0.1, 0.15) is 125 Å². The van der Waals surface area contributed by atoms with Gasteiger partial charge in [0, 0.05) is 31.1 Å². The van der Waals surface area contributed by atoms with E-state index < -0.39 is 18.1 Å². The largest absolute Gasteiger partial charge is 0.481 e. The number of Topliss-reactive ketones (excluding diaryl/α,β-unsaturated/α-hetero) is 1. The summed E-state index contributed by atoms with van der Waals surface area (Å²) in [7, 11) is -0.538. The molecule has 1 heterocycles. The van der Waals surface area contributed by atoms with Crippen molar-refractivity contribution in [3.05, 3.63) is 10.1 Å². The number of rotatable bonds is 22. The summed E-state index contributed by atoms with van der Waals surface area (Å²) in [6, 6.07) is 0. The van der Waals surface area contributed by atoms with Gasteiger partial charge in [0.05, 0.1) is 17.6 Å². The van der Waals surface area contributed by atoms with E-state index in [-0.39, 0.29) is 53.7 Å². The number of ketones is 1. The molecule has 46 heavy (non-hydrogen) atoms. The van der Waals surface area contributed by atoms with Gasteiger partial charge in [0.15, 0.2) is 5.03 Å². The Balaban J connectivity index is 1.59. The van der Waals surface area contributed by atoms with Gasteiger partial charge in [-0.1, -0.05) is 72.1 Å². The van der Waals surface area contributed by atoms with E-state index in [4.69, 9.17) is 15.0 Å². The first-order valence-corrected chi connectivity index (χ1v) is 18.9. The van der Waals surface area contributed by atoms with Crippen LogP contribution in [0.25, 0.3) is 0 Å². The quantitative estimate of drug-likeness (QED) is 0.0328. The van der Waals surface area contributed by atoms with Crippen LogP contribution in [0.3, 0.4) is 0 Å². The fraction of sp³-hybridized carbons (Fsp3) is 0.909. The number of carbonyl (C=O) groups excluding carboxylic acids is 2. The number of thioether (sulfide) groups is 1. The molecule has 0 spiro atoms. The SMILES string of the molecule is CCCCCCCCSCCC(=O)C[C@@H](CCCN=C(N)N[N+](=O)[O-])C(=O)N[C@@H](CC(C)C)B1O[C@@H]2C[C@@H]3C[C@@H](C3(C)C)[C@]2(C)O1. The number of nitrogens with two attached hydrogens (primary N) is 1. The second-order valence-corrected chi connectivity index (χ2v) is 16.2. The van der Waals surface area contributed by atoms with E-state index in [1.54, 1.807) is 0 Å². The molecule has 4 aliphatic rings. The van der Waals surface area contributed by atoms with Gasteiger partial charge in [-0.05, 0) is 74.4 Å². The minimum absolute atomic E-state index is 0.0168. The van der Waals surface area contributed by atoms with E-state index in [1.165, 1.54) is 38.5 Å². The zero-order valence-corrected chi connectivity index (χ0v) is 30.0. The lowest BCUT2D eigenvalue weighted by Gasteiger charge is -2.64. The number of nitrogens with zero attached hydrogens (tertiary/aromatic N) is 2. The first kappa shape index (κ1) is 38.6. The van der Waals surface area contributed by atoms with E-state index in [1.807, 2.05) is 17.2 Å². The van der Waals surface area contributed by atoms with Crippen molar-refractivity contribution >= 4 is 36.5 Å². The number of nitrogens with one attached hydrogen (secondary N) is 2. The van der Waals surface area contributed by atoms with E-state index in [0.717, 1.165) is 24.3 Å². The van der Waals surface area contributed by atoms with Crippen LogP contribution in [0.2, 0.25) is 0 Å². The lowest BCUT2D eigenvalue weighted by molar-refractivity contribution is -0.525. The normalized spacial score (nSPS) is 26.3. The van der Waals surface area contributed by atoms with Gasteiger partial charge in [-0.15, -0.1) is 0 Å². The smallest absolute Gasteiger partial charge is 0.404 e. The molecule has 13 heteroatoms. The number of unbranched alkanes of at least 4 members (excludes halogenated alkanes) is 5. The highest BCUT2D eigenvalue weighted by Crippen LogP contribution is 2.65. The van der Waals surface area contributed by atoms with Crippen molar-refractivity contribution in [2.45, 2.75) is 143 Å². The molecule has 0 aromatic rings. The molecule has 0 aromatic heterocycles. The van der Waals surface area contributed by atoms with Crippen LogP contribution in [0.5, 0.6) is 0 Å². The molecule has 11 nitrogen and oxygen atoms in total. The zero-order chi connectivity index (χ0) is 33.9. The third kappa shape index (κ3) is 10.8.